The summed E-state index contributed by atoms with van der Waals surface area (Å²) in [5.41, 5.74) is 0.471. The number of carbonyl (C=O) groups is 2. The Labute approximate surface area is 123 Å². The second kappa shape index (κ2) is 7.81. The Kier molecular flexibility index (Phi) is 6.41. The molecule has 2 amide bonds. The molecular formula is C13H20ClN4O2+. The van der Waals surface area contributed by atoms with Crippen LogP contribution in [0.2, 0.25) is 5.15 Å². The van der Waals surface area contributed by atoms with Gasteiger partial charge < -0.3 is 15.5 Å². The summed E-state index contributed by atoms with van der Waals surface area (Å²) in [7, 11) is 1.78. The maximum Gasteiger partial charge on any atom is 0.279 e. The molecule has 0 radical (unpaired) electrons. The van der Waals surface area contributed by atoms with Gasteiger partial charge in [0.2, 0.25) is 0 Å². The van der Waals surface area contributed by atoms with Gasteiger partial charge in [0.05, 0.1) is 12.7 Å². The van der Waals surface area contributed by atoms with Crippen LogP contribution < -0.4 is 15.5 Å². The van der Waals surface area contributed by atoms with Crippen LogP contribution in [0.1, 0.15) is 13.8 Å². The van der Waals surface area contributed by atoms with Gasteiger partial charge in [0.1, 0.15) is 0 Å². The van der Waals surface area contributed by atoms with Crippen molar-refractivity contribution < 1.29 is 14.5 Å². The van der Waals surface area contributed by atoms with E-state index in [-0.39, 0.29) is 36.1 Å². The van der Waals surface area contributed by atoms with E-state index < -0.39 is 0 Å². The number of likely N-dealkylation sites (N-methyl/N-ethyl adjacent to an activating group) is 1. The quantitative estimate of drug-likeness (QED) is 0.632. The summed E-state index contributed by atoms with van der Waals surface area (Å²) in [6.07, 6.45) is 1.55. The number of hydrogen-bond acceptors (Lipinski definition) is 3. The molecule has 6 nitrogen and oxygen atoms in total. The van der Waals surface area contributed by atoms with Crippen molar-refractivity contribution in [2.24, 2.45) is 0 Å². The summed E-state index contributed by atoms with van der Waals surface area (Å²) in [6, 6.07) is 3.46. The van der Waals surface area contributed by atoms with Crippen LogP contribution in [0.3, 0.4) is 0 Å². The molecule has 0 bridgehead atoms. The molecule has 0 aliphatic rings. The number of carbonyl (C=O) groups excluding carboxylic acids is 2. The monoisotopic (exact) mass is 299 g/mol. The highest BCUT2D eigenvalue weighted by atomic mass is 35.5. The SMILES string of the molecule is CC(C)NC(=O)C[NH+](C)CC(=O)Nc1cccnc1Cl. The summed E-state index contributed by atoms with van der Waals surface area (Å²) >= 11 is 5.85. The third-order valence-corrected chi connectivity index (χ3v) is 2.71. The minimum Gasteiger partial charge on any atom is -0.349 e. The Hall–Kier alpha value is -1.66. The van der Waals surface area contributed by atoms with Gasteiger partial charge in [-0.15, -0.1) is 0 Å². The van der Waals surface area contributed by atoms with Gasteiger partial charge in [-0.1, -0.05) is 11.6 Å². The van der Waals surface area contributed by atoms with E-state index in [0.717, 1.165) is 4.90 Å². The molecule has 3 N–H and O–H groups in total. The fourth-order valence-corrected chi connectivity index (χ4v) is 1.82. The molecule has 0 aliphatic carbocycles. The molecule has 1 rings (SSSR count). The zero-order valence-electron chi connectivity index (χ0n) is 11.9. The van der Waals surface area contributed by atoms with Gasteiger partial charge in [0.25, 0.3) is 11.8 Å². The molecule has 0 aliphatic heterocycles. The predicted molar refractivity (Wildman–Crippen MR) is 77.8 cm³/mol. The number of pyridine rings is 1. The zero-order chi connectivity index (χ0) is 15.1. The Morgan fingerprint density at radius 2 is 2.00 bits per heavy atom. The lowest BCUT2D eigenvalue weighted by atomic mass is 10.3. The standard InChI is InChI=1S/C13H19ClN4O2/c1-9(2)16-11(19)7-18(3)8-12(20)17-10-5-4-6-15-13(10)14/h4-6,9H,7-8H2,1-3H3,(H,16,19)(H,17,20)/p+1. The van der Waals surface area contributed by atoms with Crippen molar-refractivity contribution >= 4 is 29.1 Å². The molecular weight excluding hydrogens is 280 g/mol. The summed E-state index contributed by atoms with van der Waals surface area (Å²) in [5, 5.41) is 5.70. The molecule has 0 saturated heterocycles. The summed E-state index contributed by atoms with van der Waals surface area (Å²) in [4.78, 5) is 28.1. The van der Waals surface area contributed by atoms with Crippen LogP contribution in [0.15, 0.2) is 18.3 Å². The number of rotatable bonds is 6. The lowest BCUT2D eigenvalue weighted by molar-refractivity contribution is -0.862. The second-order valence-electron chi connectivity index (χ2n) is 4.92. The largest absolute Gasteiger partial charge is 0.349 e. The van der Waals surface area contributed by atoms with Gasteiger partial charge in [-0.05, 0) is 26.0 Å². The van der Waals surface area contributed by atoms with E-state index in [4.69, 9.17) is 11.6 Å². The number of quaternary nitrogens is 1. The number of hydrogen-bond donors (Lipinski definition) is 3. The first-order valence-electron chi connectivity index (χ1n) is 6.39. The van der Waals surface area contributed by atoms with Crippen molar-refractivity contribution in [3.63, 3.8) is 0 Å². The number of amides is 2. The molecule has 1 atom stereocenters. The Morgan fingerprint density at radius 1 is 1.35 bits per heavy atom. The number of halogens is 1. The lowest BCUT2D eigenvalue weighted by Crippen LogP contribution is -3.11. The highest BCUT2D eigenvalue weighted by Crippen LogP contribution is 2.16. The molecule has 110 valence electrons. The molecule has 7 heteroatoms. The highest BCUT2D eigenvalue weighted by molar-refractivity contribution is 6.32. The first kappa shape index (κ1) is 16.4. The Morgan fingerprint density at radius 3 is 2.60 bits per heavy atom. The summed E-state index contributed by atoms with van der Waals surface area (Å²) in [6.45, 7) is 4.21. The van der Waals surface area contributed by atoms with Gasteiger partial charge in [-0.3, -0.25) is 9.59 Å². The third kappa shape index (κ3) is 5.99. The molecule has 1 unspecified atom stereocenters. The number of anilines is 1. The average molecular weight is 300 g/mol. The van der Waals surface area contributed by atoms with E-state index in [1.807, 2.05) is 13.8 Å². The van der Waals surface area contributed by atoms with Crippen molar-refractivity contribution in [3.05, 3.63) is 23.5 Å². The van der Waals surface area contributed by atoms with E-state index in [9.17, 15) is 9.59 Å². The minimum atomic E-state index is -0.213. The molecule has 0 saturated carbocycles. The van der Waals surface area contributed by atoms with E-state index >= 15 is 0 Å². The highest BCUT2D eigenvalue weighted by Gasteiger charge is 2.15. The fourth-order valence-electron chi connectivity index (χ4n) is 1.66. The van der Waals surface area contributed by atoms with Gasteiger partial charge in [-0.25, -0.2) is 4.98 Å². The molecule has 0 fully saturated rings. The maximum atomic E-state index is 11.8. The first-order valence-corrected chi connectivity index (χ1v) is 6.77. The molecule has 0 spiro atoms. The van der Waals surface area contributed by atoms with Crippen LogP contribution in [-0.4, -0.2) is 43.0 Å². The lowest BCUT2D eigenvalue weighted by Gasteiger charge is -2.15. The van der Waals surface area contributed by atoms with Crippen molar-refractivity contribution in [2.45, 2.75) is 19.9 Å². The normalized spacial score (nSPS) is 12.1. The number of nitrogens with one attached hydrogen (secondary N) is 3. The smallest absolute Gasteiger partial charge is 0.279 e. The van der Waals surface area contributed by atoms with Gasteiger partial charge in [-0.2, -0.15) is 0 Å². The molecule has 1 heterocycles. The summed E-state index contributed by atoms with van der Waals surface area (Å²) in [5.74, 6) is -0.292. The summed E-state index contributed by atoms with van der Waals surface area (Å²) < 4.78 is 0. The van der Waals surface area contributed by atoms with Gasteiger partial charge in [0.15, 0.2) is 18.2 Å². The zero-order valence-corrected chi connectivity index (χ0v) is 12.6. The molecule has 1 aromatic rings. The number of nitrogens with zero attached hydrogens (tertiary/aromatic N) is 1. The van der Waals surface area contributed by atoms with Crippen LogP contribution >= 0.6 is 11.6 Å². The van der Waals surface area contributed by atoms with E-state index in [2.05, 4.69) is 15.6 Å². The third-order valence-electron chi connectivity index (χ3n) is 2.41. The van der Waals surface area contributed by atoms with Crippen molar-refractivity contribution in [2.75, 3.05) is 25.5 Å². The first-order chi connectivity index (χ1) is 9.38. The van der Waals surface area contributed by atoms with Crippen LogP contribution in [0.5, 0.6) is 0 Å². The molecule has 1 aromatic heterocycles. The number of aromatic nitrogens is 1. The van der Waals surface area contributed by atoms with E-state index in [1.165, 1.54) is 0 Å². The van der Waals surface area contributed by atoms with E-state index in [0.29, 0.717) is 5.69 Å². The van der Waals surface area contributed by atoms with Crippen LogP contribution in [0.25, 0.3) is 0 Å². The predicted octanol–water partition coefficient (Wildman–Crippen LogP) is -0.287. The van der Waals surface area contributed by atoms with Gasteiger partial charge in [0, 0.05) is 12.2 Å². The van der Waals surface area contributed by atoms with Crippen molar-refractivity contribution in [1.82, 2.24) is 10.3 Å². The second-order valence-corrected chi connectivity index (χ2v) is 5.28. The van der Waals surface area contributed by atoms with Crippen molar-refractivity contribution in [1.29, 1.82) is 0 Å². The Bertz CT molecular complexity index is 479. The average Bonchev–Trinajstić information content (AvgIpc) is 2.30. The molecule has 0 aromatic carbocycles. The van der Waals surface area contributed by atoms with Crippen LogP contribution in [-0.2, 0) is 9.59 Å². The maximum absolute atomic E-state index is 11.8. The van der Waals surface area contributed by atoms with Crippen LogP contribution in [0.4, 0.5) is 5.69 Å². The topological polar surface area (TPSA) is 75.5 Å². The van der Waals surface area contributed by atoms with E-state index in [1.54, 1.807) is 25.4 Å². The Balaban J connectivity index is 2.42. The van der Waals surface area contributed by atoms with Crippen molar-refractivity contribution in [3.8, 4) is 0 Å². The minimum absolute atomic E-state index is 0.0790. The van der Waals surface area contributed by atoms with Gasteiger partial charge >= 0.3 is 0 Å². The van der Waals surface area contributed by atoms with Crippen LogP contribution in [0, 0.1) is 0 Å². The molecule has 20 heavy (non-hydrogen) atoms. The fraction of sp³-hybridized carbons (Fsp3) is 0.462.